The highest BCUT2D eigenvalue weighted by Crippen LogP contribution is 2.21. The van der Waals surface area contributed by atoms with E-state index in [-0.39, 0.29) is 24.2 Å². The highest BCUT2D eigenvalue weighted by molar-refractivity contribution is 5.94. The second kappa shape index (κ2) is 12.5. The first kappa shape index (κ1) is 27.3. The summed E-state index contributed by atoms with van der Waals surface area (Å²) in [5.74, 6) is -2.77. The highest BCUT2D eigenvalue weighted by atomic mass is 16.4. The van der Waals surface area contributed by atoms with Crippen molar-refractivity contribution >= 4 is 23.7 Å². The van der Waals surface area contributed by atoms with Crippen molar-refractivity contribution in [3.8, 4) is 0 Å². The third-order valence-electron chi connectivity index (χ3n) is 6.53. The van der Waals surface area contributed by atoms with Crippen LogP contribution < -0.4 is 16.4 Å². The van der Waals surface area contributed by atoms with Crippen LogP contribution in [0, 0.1) is 11.8 Å². The van der Waals surface area contributed by atoms with Gasteiger partial charge >= 0.3 is 5.97 Å². The van der Waals surface area contributed by atoms with Crippen LogP contribution in [0.3, 0.4) is 0 Å². The number of nitrogens with one attached hydrogen (secondary N) is 2. The maximum atomic E-state index is 13.2. The Morgan fingerprint density at radius 3 is 2.32 bits per heavy atom. The summed E-state index contributed by atoms with van der Waals surface area (Å²) < 4.78 is 0. The first-order chi connectivity index (χ1) is 16.1. The molecule has 0 spiro atoms. The second-order valence-corrected chi connectivity index (χ2v) is 9.42. The second-order valence-electron chi connectivity index (χ2n) is 9.42. The Balaban J connectivity index is 2.20. The fourth-order valence-corrected chi connectivity index (χ4v) is 4.09. The van der Waals surface area contributed by atoms with Crippen molar-refractivity contribution in [2.24, 2.45) is 17.6 Å². The van der Waals surface area contributed by atoms with E-state index in [0.29, 0.717) is 19.4 Å². The van der Waals surface area contributed by atoms with E-state index in [9.17, 15) is 24.3 Å². The number of carbonyl (C=O) groups is 4. The van der Waals surface area contributed by atoms with Crippen LogP contribution >= 0.6 is 0 Å². The monoisotopic (exact) mass is 474 g/mol. The minimum Gasteiger partial charge on any atom is -0.480 e. The fraction of sp³-hybridized carbons (Fsp3) is 0.600. The number of hydrogen-bond donors (Lipinski definition) is 4. The van der Waals surface area contributed by atoms with Gasteiger partial charge in [0.05, 0.1) is 6.04 Å². The largest absolute Gasteiger partial charge is 0.480 e. The van der Waals surface area contributed by atoms with Crippen molar-refractivity contribution in [2.75, 3.05) is 6.54 Å². The van der Waals surface area contributed by atoms with E-state index in [1.165, 1.54) is 4.90 Å². The van der Waals surface area contributed by atoms with Crippen molar-refractivity contribution in [3.05, 3.63) is 35.9 Å². The highest BCUT2D eigenvalue weighted by Gasteiger charge is 2.39. The molecule has 5 N–H and O–H groups in total. The molecule has 0 aliphatic carbocycles. The van der Waals surface area contributed by atoms with E-state index in [1.54, 1.807) is 13.8 Å². The number of hydrogen-bond acceptors (Lipinski definition) is 5. The van der Waals surface area contributed by atoms with Gasteiger partial charge in [-0.05, 0) is 30.2 Å². The Kier molecular flexibility index (Phi) is 10.0. The molecule has 188 valence electrons. The normalized spacial score (nSPS) is 19.2. The van der Waals surface area contributed by atoms with Gasteiger partial charge in [-0.1, -0.05) is 64.4 Å². The molecule has 1 aliphatic heterocycles. The molecule has 0 radical (unpaired) electrons. The first-order valence-electron chi connectivity index (χ1n) is 12.0. The molecule has 1 heterocycles. The molecule has 34 heavy (non-hydrogen) atoms. The van der Waals surface area contributed by atoms with Gasteiger partial charge in [0, 0.05) is 13.0 Å². The minimum atomic E-state index is -1.14. The van der Waals surface area contributed by atoms with E-state index < -0.39 is 42.0 Å². The van der Waals surface area contributed by atoms with E-state index in [1.807, 2.05) is 44.2 Å². The number of rotatable bonds is 11. The Hall–Kier alpha value is -2.94. The number of amides is 3. The number of nitrogens with zero attached hydrogens (tertiary/aromatic N) is 1. The lowest BCUT2D eigenvalue weighted by atomic mass is 9.98. The lowest BCUT2D eigenvalue weighted by Gasteiger charge is -2.30. The Bertz CT molecular complexity index is 860. The molecule has 1 aromatic rings. The van der Waals surface area contributed by atoms with E-state index in [2.05, 4.69) is 10.6 Å². The minimum absolute atomic E-state index is 0.0163. The average molecular weight is 475 g/mol. The summed E-state index contributed by atoms with van der Waals surface area (Å²) in [6.45, 7) is 7.70. The zero-order valence-electron chi connectivity index (χ0n) is 20.5. The van der Waals surface area contributed by atoms with Crippen LogP contribution in [0.4, 0.5) is 0 Å². The van der Waals surface area contributed by atoms with Gasteiger partial charge in [0.2, 0.25) is 17.7 Å². The number of aliphatic carboxylic acids is 1. The van der Waals surface area contributed by atoms with Crippen LogP contribution in [0.15, 0.2) is 30.3 Å². The van der Waals surface area contributed by atoms with Gasteiger partial charge in [-0.25, -0.2) is 4.79 Å². The predicted molar refractivity (Wildman–Crippen MR) is 129 cm³/mol. The maximum Gasteiger partial charge on any atom is 0.326 e. The standard InChI is InChI=1S/C25H38N4O5/c1-5-16(4)20(26)24(32)29-13-9-12-19(29)23(31)27-18(14-17-10-7-6-8-11-17)22(30)28-21(15(2)3)25(33)34/h6-8,10-11,15-16,18-21H,5,9,12-14,26H2,1-4H3,(H,27,31)(H,28,30)(H,33,34). The molecule has 1 saturated heterocycles. The topological polar surface area (TPSA) is 142 Å². The molecule has 1 fully saturated rings. The number of carbonyl (C=O) groups excluding carboxylic acids is 3. The van der Waals surface area contributed by atoms with Crippen LogP contribution in [-0.4, -0.2) is 64.4 Å². The van der Waals surface area contributed by atoms with Crippen LogP contribution in [-0.2, 0) is 25.6 Å². The molecular formula is C25H38N4O5. The molecule has 1 aliphatic rings. The summed E-state index contributed by atoms with van der Waals surface area (Å²) in [5.41, 5.74) is 6.95. The SMILES string of the molecule is CCC(C)C(N)C(=O)N1CCCC1C(=O)NC(Cc1ccccc1)C(=O)NC(C(=O)O)C(C)C. The number of benzene rings is 1. The zero-order chi connectivity index (χ0) is 25.4. The third-order valence-corrected chi connectivity index (χ3v) is 6.53. The summed E-state index contributed by atoms with van der Waals surface area (Å²) in [5, 5.41) is 14.8. The first-order valence-corrected chi connectivity index (χ1v) is 12.0. The van der Waals surface area contributed by atoms with Gasteiger partial charge in [0.15, 0.2) is 0 Å². The molecule has 5 atom stereocenters. The van der Waals surface area contributed by atoms with Gasteiger partial charge in [-0.3, -0.25) is 14.4 Å². The van der Waals surface area contributed by atoms with Gasteiger partial charge < -0.3 is 26.4 Å². The smallest absolute Gasteiger partial charge is 0.326 e. The number of likely N-dealkylation sites (tertiary alicyclic amines) is 1. The van der Waals surface area contributed by atoms with E-state index in [0.717, 1.165) is 12.0 Å². The molecule has 9 nitrogen and oxygen atoms in total. The summed E-state index contributed by atoms with van der Waals surface area (Å²) in [4.78, 5) is 52.4. The molecule has 2 rings (SSSR count). The summed E-state index contributed by atoms with van der Waals surface area (Å²) >= 11 is 0. The predicted octanol–water partition coefficient (Wildman–Crippen LogP) is 1.30. The average Bonchev–Trinajstić information content (AvgIpc) is 3.30. The number of carboxylic acid groups (broad SMARTS) is 1. The van der Waals surface area contributed by atoms with Crippen LogP contribution in [0.1, 0.15) is 52.5 Å². The molecule has 5 unspecified atom stereocenters. The fourth-order valence-electron chi connectivity index (χ4n) is 4.09. The van der Waals surface area contributed by atoms with Crippen molar-refractivity contribution in [1.29, 1.82) is 0 Å². The molecule has 9 heteroatoms. The molecule has 0 saturated carbocycles. The van der Waals surface area contributed by atoms with Gasteiger partial charge in [0.1, 0.15) is 18.1 Å². The summed E-state index contributed by atoms with van der Waals surface area (Å²) in [7, 11) is 0. The Labute approximate surface area is 201 Å². The molecule has 0 aromatic heterocycles. The molecule has 1 aromatic carbocycles. The van der Waals surface area contributed by atoms with Gasteiger partial charge in [-0.2, -0.15) is 0 Å². The number of nitrogens with two attached hydrogens (primary N) is 1. The van der Waals surface area contributed by atoms with Crippen molar-refractivity contribution in [3.63, 3.8) is 0 Å². The molecule has 3 amide bonds. The van der Waals surface area contributed by atoms with Crippen molar-refractivity contribution < 1.29 is 24.3 Å². The van der Waals surface area contributed by atoms with Crippen molar-refractivity contribution in [2.45, 2.75) is 77.5 Å². The van der Waals surface area contributed by atoms with Crippen LogP contribution in [0.5, 0.6) is 0 Å². The van der Waals surface area contributed by atoms with Gasteiger partial charge in [-0.15, -0.1) is 0 Å². The Morgan fingerprint density at radius 2 is 1.76 bits per heavy atom. The van der Waals surface area contributed by atoms with Crippen molar-refractivity contribution in [1.82, 2.24) is 15.5 Å². The summed E-state index contributed by atoms with van der Waals surface area (Å²) in [6.07, 6.45) is 2.09. The lowest BCUT2D eigenvalue weighted by Crippen LogP contribution is -2.58. The quantitative estimate of drug-likeness (QED) is 0.381. The van der Waals surface area contributed by atoms with Gasteiger partial charge in [0.25, 0.3) is 0 Å². The van der Waals surface area contributed by atoms with E-state index in [4.69, 9.17) is 5.73 Å². The number of carboxylic acids is 1. The zero-order valence-corrected chi connectivity index (χ0v) is 20.5. The third kappa shape index (κ3) is 7.03. The summed E-state index contributed by atoms with van der Waals surface area (Å²) in [6, 6.07) is 5.69. The molecular weight excluding hydrogens is 436 g/mol. The van der Waals surface area contributed by atoms with Crippen LogP contribution in [0.25, 0.3) is 0 Å². The lowest BCUT2D eigenvalue weighted by molar-refractivity contribution is -0.144. The maximum absolute atomic E-state index is 13.2. The van der Waals surface area contributed by atoms with Crippen LogP contribution in [0.2, 0.25) is 0 Å². The van der Waals surface area contributed by atoms with E-state index >= 15 is 0 Å². The molecule has 0 bridgehead atoms. The Morgan fingerprint density at radius 1 is 1.12 bits per heavy atom.